The van der Waals surface area contributed by atoms with E-state index in [-0.39, 0.29) is 19.2 Å². The molecule has 0 bridgehead atoms. The number of β-amino-alcohol motifs (C(OH)–C–C–N with tert-alkyl or cyclic N) is 1. The molecular weight excluding hydrogens is 323 g/mol. The summed E-state index contributed by atoms with van der Waals surface area (Å²) in [6.07, 6.45) is -5.20. The number of nitro benzene ring substituents is 2. The van der Waals surface area contributed by atoms with Gasteiger partial charge in [0, 0.05) is 19.2 Å². The average Bonchev–Trinajstić information content (AvgIpc) is 2.44. The normalized spacial score (nSPS) is 18.8. The monoisotopic (exact) mass is 335 g/mol. The number of piperidine rings is 1. The Hall–Kier alpha value is -2.43. The van der Waals surface area contributed by atoms with Gasteiger partial charge in [0.2, 0.25) is 0 Å². The molecule has 0 radical (unpaired) electrons. The fraction of sp³-hybridized carbons (Fsp3) is 0.500. The van der Waals surface area contributed by atoms with Gasteiger partial charge in [-0.2, -0.15) is 13.2 Å². The third kappa shape index (κ3) is 3.50. The number of hydrogen-bond donors (Lipinski definition) is 1. The molecule has 0 aliphatic carbocycles. The van der Waals surface area contributed by atoms with Crippen LogP contribution >= 0.6 is 0 Å². The number of halogens is 3. The molecule has 0 aromatic heterocycles. The van der Waals surface area contributed by atoms with Gasteiger partial charge in [-0.15, -0.1) is 0 Å². The van der Waals surface area contributed by atoms with Gasteiger partial charge in [-0.25, -0.2) is 0 Å². The van der Waals surface area contributed by atoms with Gasteiger partial charge >= 0.3 is 6.18 Å². The van der Waals surface area contributed by atoms with Crippen molar-refractivity contribution in [1.29, 1.82) is 0 Å². The molecule has 126 valence electrons. The Morgan fingerprint density at radius 1 is 1.22 bits per heavy atom. The molecule has 11 heteroatoms. The molecule has 1 atom stereocenters. The van der Waals surface area contributed by atoms with Gasteiger partial charge in [0.1, 0.15) is 5.69 Å². The quantitative estimate of drug-likeness (QED) is 0.671. The van der Waals surface area contributed by atoms with Crippen molar-refractivity contribution in [3.8, 4) is 0 Å². The highest BCUT2D eigenvalue weighted by Crippen LogP contribution is 2.45. The van der Waals surface area contributed by atoms with E-state index in [0.717, 1.165) is 4.90 Å². The summed E-state index contributed by atoms with van der Waals surface area (Å²) < 4.78 is 39.8. The first-order valence-electron chi connectivity index (χ1n) is 6.58. The van der Waals surface area contributed by atoms with Crippen molar-refractivity contribution in [2.75, 3.05) is 18.0 Å². The van der Waals surface area contributed by atoms with Crippen LogP contribution in [0.25, 0.3) is 0 Å². The van der Waals surface area contributed by atoms with Crippen LogP contribution in [0.2, 0.25) is 0 Å². The molecule has 2 rings (SSSR count). The fourth-order valence-corrected chi connectivity index (χ4v) is 2.56. The SMILES string of the molecule is O=[N+]([O-])c1cc([N+](=O)[O-])c(N2CCCC(O)C2)c(C(F)(F)F)c1. The van der Waals surface area contributed by atoms with Crippen LogP contribution < -0.4 is 4.90 Å². The van der Waals surface area contributed by atoms with Gasteiger partial charge in [-0.05, 0) is 12.8 Å². The molecule has 1 aliphatic rings. The molecule has 1 fully saturated rings. The Morgan fingerprint density at radius 2 is 1.87 bits per heavy atom. The molecule has 1 aliphatic heterocycles. The number of aliphatic hydroxyl groups is 1. The van der Waals surface area contributed by atoms with Crippen LogP contribution in [0.1, 0.15) is 18.4 Å². The highest BCUT2D eigenvalue weighted by molar-refractivity contribution is 5.72. The van der Waals surface area contributed by atoms with Crippen molar-refractivity contribution >= 4 is 17.1 Å². The van der Waals surface area contributed by atoms with Gasteiger partial charge in [0.15, 0.2) is 0 Å². The van der Waals surface area contributed by atoms with Crippen molar-refractivity contribution in [3.63, 3.8) is 0 Å². The lowest BCUT2D eigenvalue weighted by molar-refractivity contribution is -0.394. The number of anilines is 1. The molecule has 1 aromatic rings. The van der Waals surface area contributed by atoms with E-state index in [1.165, 1.54) is 0 Å². The van der Waals surface area contributed by atoms with Crippen LogP contribution in [-0.2, 0) is 6.18 Å². The molecule has 1 N–H and O–H groups in total. The van der Waals surface area contributed by atoms with Gasteiger partial charge in [0.25, 0.3) is 11.4 Å². The summed E-state index contributed by atoms with van der Waals surface area (Å²) >= 11 is 0. The van der Waals surface area contributed by atoms with Gasteiger partial charge in [0.05, 0.1) is 27.6 Å². The predicted octanol–water partition coefficient (Wildman–Crippen LogP) is 2.48. The number of non-ortho nitro benzene ring substituents is 1. The second-order valence-electron chi connectivity index (χ2n) is 5.12. The molecule has 1 heterocycles. The third-order valence-electron chi connectivity index (χ3n) is 3.50. The topological polar surface area (TPSA) is 110 Å². The number of benzene rings is 1. The average molecular weight is 335 g/mol. The van der Waals surface area contributed by atoms with Crippen LogP contribution in [-0.4, -0.2) is 34.1 Å². The number of nitrogens with zero attached hydrogens (tertiary/aromatic N) is 3. The number of alkyl halides is 3. The predicted molar refractivity (Wildman–Crippen MR) is 72.2 cm³/mol. The Balaban J connectivity index is 2.70. The number of aliphatic hydroxyl groups excluding tert-OH is 1. The summed E-state index contributed by atoms with van der Waals surface area (Å²) in [5.41, 5.74) is -4.20. The zero-order valence-electron chi connectivity index (χ0n) is 11.6. The van der Waals surface area contributed by atoms with Crippen LogP contribution in [0, 0.1) is 20.2 Å². The standard InChI is InChI=1S/C12H12F3N3O5/c13-12(14,15)9-4-7(17(20)21)5-10(18(22)23)11(9)16-3-1-2-8(19)6-16/h4-5,8,19H,1-3,6H2. The van der Waals surface area contributed by atoms with E-state index in [1.807, 2.05) is 0 Å². The summed E-state index contributed by atoms with van der Waals surface area (Å²) in [5.74, 6) is 0. The van der Waals surface area contributed by atoms with Crippen molar-refractivity contribution in [2.24, 2.45) is 0 Å². The molecular formula is C12H12F3N3O5. The first kappa shape index (κ1) is 16.9. The fourth-order valence-electron chi connectivity index (χ4n) is 2.56. The molecule has 8 nitrogen and oxygen atoms in total. The minimum atomic E-state index is -5.01. The van der Waals surface area contributed by atoms with Crippen molar-refractivity contribution in [2.45, 2.75) is 25.1 Å². The van der Waals surface area contributed by atoms with E-state index in [0.29, 0.717) is 18.9 Å². The molecule has 1 aromatic carbocycles. The lowest BCUT2D eigenvalue weighted by atomic mass is 10.0. The lowest BCUT2D eigenvalue weighted by Gasteiger charge is -2.33. The highest BCUT2D eigenvalue weighted by atomic mass is 19.4. The molecule has 1 unspecified atom stereocenters. The summed E-state index contributed by atoms with van der Waals surface area (Å²) in [6, 6.07) is 0.787. The molecule has 23 heavy (non-hydrogen) atoms. The second kappa shape index (κ2) is 5.99. The van der Waals surface area contributed by atoms with Gasteiger partial charge < -0.3 is 10.0 Å². The largest absolute Gasteiger partial charge is 0.418 e. The molecule has 0 amide bonds. The maximum Gasteiger partial charge on any atom is 0.418 e. The van der Waals surface area contributed by atoms with Crippen molar-refractivity contribution in [3.05, 3.63) is 37.9 Å². The van der Waals surface area contributed by atoms with Crippen LogP contribution in [0.15, 0.2) is 12.1 Å². The first-order valence-corrected chi connectivity index (χ1v) is 6.58. The van der Waals surface area contributed by atoms with E-state index < -0.39 is 44.8 Å². The Kier molecular flexibility index (Phi) is 4.41. The minimum Gasteiger partial charge on any atom is -0.391 e. The zero-order chi connectivity index (χ0) is 17.4. The smallest absolute Gasteiger partial charge is 0.391 e. The summed E-state index contributed by atoms with van der Waals surface area (Å²) in [4.78, 5) is 20.7. The summed E-state index contributed by atoms with van der Waals surface area (Å²) in [5, 5.41) is 31.5. The maximum absolute atomic E-state index is 13.3. The van der Waals surface area contributed by atoms with E-state index in [4.69, 9.17) is 0 Å². The van der Waals surface area contributed by atoms with Crippen LogP contribution in [0.3, 0.4) is 0 Å². The minimum absolute atomic E-state index is 0.0821. The molecule has 1 saturated heterocycles. The van der Waals surface area contributed by atoms with Crippen LogP contribution in [0.4, 0.5) is 30.2 Å². The lowest BCUT2D eigenvalue weighted by Crippen LogP contribution is -2.39. The Labute approximate surface area is 127 Å². The van der Waals surface area contributed by atoms with E-state index >= 15 is 0 Å². The zero-order valence-corrected chi connectivity index (χ0v) is 11.6. The number of hydrogen-bond acceptors (Lipinski definition) is 6. The first-order chi connectivity index (χ1) is 10.6. The van der Waals surface area contributed by atoms with E-state index in [1.54, 1.807) is 0 Å². The van der Waals surface area contributed by atoms with E-state index in [2.05, 4.69) is 0 Å². The van der Waals surface area contributed by atoms with E-state index in [9.17, 15) is 38.5 Å². The number of nitro groups is 2. The highest BCUT2D eigenvalue weighted by Gasteiger charge is 2.42. The summed E-state index contributed by atoms with van der Waals surface area (Å²) in [7, 11) is 0. The van der Waals surface area contributed by atoms with Gasteiger partial charge in [-0.1, -0.05) is 0 Å². The maximum atomic E-state index is 13.3. The number of rotatable bonds is 3. The van der Waals surface area contributed by atoms with Crippen molar-refractivity contribution in [1.82, 2.24) is 0 Å². The van der Waals surface area contributed by atoms with Crippen LogP contribution in [0.5, 0.6) is 0 Å². The molecule has 0 saturated carbocycles. The Bertz CT molecular complexity index is 650. The van der Waals surface area contributed by atoms with Gasteiger partial charge in [-0.3, -0.25) is 20.2 Å². The second-order valence-corrected chi connectivity index (χ2v) is 5.12. The van der Waals surface area contributed by atoms with Crippen molar-refractivity contribution < 1.29 is 28.1 Å². The summed E-state index contributed by atoms with van der Waals surface area (Å²) in [6.45, 7) is -0.124. The molecule has 0 spiro atoms. The third-order valence-corrected chi connectivity index (χ3v) is 3.50. The Morgan fingerprint density at radius 3 is 2.35 bits per heavy atom.